The molecule has 0 atom stereocenters. The van der Waals surface area contributed by atoms with Crippen LogP contribution in [0.5, 0.6) is 0 Å². The van der Waals surface area contributed by atoms with Crippen LogP contribution in [0.15, 0.2) is 121 Å². The van der Waals surface area contributed by atoms with E-state index in [0.717, 1.165) is 24.3 Å². The van der Waals surface area contributed by atoms with Crippen LogP contribution in [0.25, 0.3) is 21.5 Å². The Bertz CT molecular complexity index is 1890. The largest absolute Gasteiger partial charge is 0.214 e. The van der Waals surface area contributed by atoms with Crippen molar-refractivity contribution in [3.63, 3.8) is 0 Å². The third-order valence-corrected chi connectivity index (χ3v) is 14.7. The summed E-state index contributed by atoms with van der Waals surface area (Å²) in [4.78, 5) is 0. The van der Waals surface area contributed by atoms with Gasteiger partial charge in [-0.15, -0.1) is 39.7 Å². The molecule has 0 unspecified atom stereocenters. The second-order valence-electron chi connectivity index (χ2n) is 14.0. The van der Waals surface area contributed by atoms with Gasteiger partial charge in [0.05, 0.1) is 0 Å². The molecule has 0 N–H and O–H groups in total. The second-order valence-corrected chi connectivity index (χ2v) is 25.4. The predicted octanol–water partition coefficient (Wildman–Crippen LogP) is 13.9. The zero-order valence-electron chi connectivity index (χ0n) is 28.6. The summed E-state index contributed by atoms with van der Waals surface area (Å²) in [6.45, 7) is 13.7. The van der Waals surface area contributed by atoms with Crippen LogP contribution in [0.1, 0.15) is 74.9 Å². The first-order valence-electron chi connectivity index (χ1n) is 15.9. The molecule has 6 aromatic carbocycles. The maximum atomic E-state index is 12.6. The maximum absolute atomic E-state index is 12.6. The summed E-state index contributed by atoms with van der Waals surface area (Å²) in [5.74, 6) is 0. The van der Waals surface area contributed by atoms with E-state index in [1.54, 1.807) is 0 Å². The molecule has 0 bridgehead atoms. The number of benzene rings is 4. The molecule has 0 nitrogen and oxygen atoms in total. The van der Waals surface area contributed by atoms with Gasteiger partial charge in [0, 0.05) is 0 Å². The fourth-order valence-electron chi connectivity index (χ4n) is 5.29. The molecule has 0 amide bonds. The number of hydrogen-bond donors (Lipinski definition) is 0. The van der Waals surface area contributed by atoms with E-state index in [-0.39, 0.29) is 10.8 Å². The van der Waals surface area contributed by atoms with E-state index in [1.807, 2.05) is 30.3 Å². The topological polar surface area (TPSA) is 0 Å². The van der Waals surface area contributed by atoms with E-state index < -0.39 is 42.1 Å². The van der Waals surface area contributed by atoms with Crippen LogP contribution >= 0.6 is 17.2 Å². The summed E-state index contributed by atoms with van der Waals surface area (Å²) in [5.41, 5.74) is 2.32. The van der Waals surface area contributed by atoms with Crippen molar-refractivity contribution in [3.8, 4) is 0 Å². The van der Waals surface area contributed by atoms with Crippen molar-refractivity contribution >= 4 is 42.0 Å². The van der Waals surface area contributed by atoms with Gasteiger partial charge in [0.2, 0.25) is 0 Å². The molecule has 6 aromatic rings. The first-order valence-corrected chi connectivity index (χ1v) is 26.6. The zero-order valence-corrected chi connectivity index (χ0v) is 33.7. The van der Waals surface area contributed by atoms with Gasteiger partial charge < -0.3 is 0 Å². The van der Waals surface area contributed by atoms with Crippen LogP contribution in [0.3, 0.4) is 0 Å². The Morgan fingerprint density at radius 3 is 1.12 bits per heavy atom. The van der Waals surface area contributed by atoms with Gasteiger partial charge >= 0.3 is 148 Å². The van der Waals surface area contributed by atoms with Crippen molar-refractivity contribution in [3.05, 3.63) is 155 Å². The molecule has 0 heterocycles. The monoisotopic (exact) mass is 894 g/mol. The molecule has 0 aliphatic carbocycles. The quantitative estimate of drug-likeness (QED) is 0.0923. The molecule has 0 radical (unpaired) electrons. The van der Waals surface area contributed by atoms with E-state index in [9.17, 15) is 26.3 Å². The maximum Gasteiger partial charge on any atom is -0.172 e. The molecule has 0 spiro atoms. The van der Waals surface area contributed by atoms with E-state index in [1.165, 1.54) is 56.9 Å². The van der Waals surface area contributed by atoms with Crippen LogP contribution in [0.4, 0.5) is 26.3 Å². The minimum atomic E-state index is -4.47. The minimum absolute atomic E-state index is 0.194. The molecule has 6 rings (SSSR count). The fraction of sp³-hybridized carbons (Fsp3) is 0.244. The van der Waals surface area contributed by atoms with Gasteiger partial charge in [0.1, 0.15) is 0 Å². The Balaban J connectivity index is 0.000000198. The van der Waals surface area contributed by atoms with Crippen molar-refractivity contribution < 1.29 is 44.9 Å². The van der Waals surface area contributed by atoms with Gasteiger partial charge in [-0.2, -0.15) is 18.2 Å². The van der Waals surface area contributed by atoms with Crippen LogP contribution < -0.4 is 0 Å². The standard InChI is InChI=1S/C21H25.C15H8F6.C5H5.2ClH.Hf/c1-20(2,3)16-9-7-14-11-15-8-10-17(21(4,5)6)13-19(15)18(14)12-16;16-14(17,18)12-5-1-10(2-6-12)9-11-3-7-13(8-4-11)15(19,20)21;1-2-4-5-3-1;;;/h7-13H,1-6H3;1-8H;1-5H;2*1H;/q-1;;-1;;;+2/p-2. The van der Waals surface area contributed by atoms with Crippen LogP contribution in [-0.4, -0.2) is 3.26 Å². The molecule has 0 fully saturated rings. The average Bonchev–Trinajstić information content (AvgIpc) is 3.72. The van der Waals surface area contributed by atoms with Gasteiger partial charge in [0.15, 0.2) is 0 Å². The molecular formula is C41H38Cl2F6Hf-2. The average molecular weight is 894 g/mol. The van der Waals surface area contributed by atoms with E-state index in [0.29, 0.717) is 14.4 Å². The van der Waals surface area contributed by atoms with Gasteiger partial charge in [0.25, 0.3) is 0 Å². The van der Waals surface area contributed by atoms with Crippen molar-refractivity contribution in [1.29, 1.82) is 0 Å². The van der Waals surface area contributed by atoms with Gasteiger partial charge in [-0.3, -0.25) is 0 Å². The summed E-state index contributed by atoms with van der Waals surface area (Å²) in [5, 5.41) is 5.49. The van der Waals surface area contributed by atoms with Crippen molar-refractivity contribution in [1.82, 2.24) is 0 Å². The van der Waals surface area contributed by atoms with Gasteiger partial charge in [-0.1, -0.05) is 76.9 Å². The summed E-state index contributed by atoms with van der Waals surface area (Å²) in [6.07, 6.45) is -8.95. The Labute approximate surface area is 304 Å². The molecule has 0 aliphatic rings. The fourth-order valence-corrected chi connectivity index (χ4v) is 11.6. The summed E-state index contributed by atoms with van der Waals surface area (Å²) in [6, 6.07) is 34.6. The minimum Gasteiger partial charge on any atom is -0.214 e. The smallest absolute Gasteiger partial charge is 0.172 e. The first kappa shape index (κ1) is 39.8. The SMILES string of the molecule is CC(C)(C)c1ccc2[cH-]c3ccc(C(C)(C)C)cc3c2c1.FC(F)(F)c1ccc([C](c2ccc(C(F)(F)F)cc2)=[Hf]([Cl])[Cl])cc1.c1cc[cH-]c1. The molecule has 0 saturated carbocycles. The summed E-state index contributed by atoms with van der Waals surface area (Å²) in [7, 11) is 12.1. The van der Waals surface area contributed by atoms with Crippen molar-refractivity contribution in [2.75, 3.05) is 0 Å². The Morgan fingerprint density at radius 2 is 0.860 bits per heavy atom. The number of fused-ring (bicyclic) bond motifs is 3. The van der Waals surface area contributed by atoms with E-state index >= 15 is 0 Å². The zero-order chi connectivity index (χ0) is 37.1. The first-order chi connectivity index (χ1) is 23.2. The normalized spacial score (nSPS) is 12.2. The van der Waals surface area contributed by atoms with Crippen molar-refractivity contribution in [2.24, 2.45) is 0 Å². The molecular weight excluding hydrogens is 856 g/mol. The molecule has 50 heavy (non-hydrogen) atoms. The van der Waals surface area contributed by atoms with Crippen LogP contribution in [-0.2, 0) is 41.8 Å². The Kier molecular flexibility index (Phi) is 12.5. The molecule has 264 valence electrons. The summed E-state index contributed by atoms with van der Waals surface area (Å²) >= 11 is -3.32. The Hall–Kier alpha value is -3.00. The van der Waals surface area contributed by atoms with Crippen molar-refractivity contribution in [2.45, 2.75) is 64.7 Å². The molecule has 0 aliphatic heterocycles. The van der Waals surface area contributed by atoms with Crippen LogP contribution in [0, 0.1) is 0 Å². The number of halogens is 8. The van der Waals surface area contributed by atoms with Crippen LogP contribution in [0.2, 0.25) is 0 Å². The number of hydrogen-bond acceptors (Lipinski definition) is 0. The Morgan fingerprint density at radius 1 is 0.520 bits per heavy atom. The second kappa shape index (κ2) is 15.7. The van der Waals surface area contributed by atoms with E-state index in [2.05, 4.69) is 84.0 Å². The predicted molar refractivity (Wildman–Crippen MR) is 194 cm³/mol. The third-order valence-electron chi connectivity index (χ3n) is 8.19. The van der Waals surface area contributed by atoms with Gasteiger partial charge in [-0.05, 0) is 10.8 Å². The molecule has 0 saturated heterocycles. The van der Waals surface area contributed by atoms with E-state index in [4.69, 9.17) is 17.2 Å². The number of rotatable bonds is 2. The van der Waals surface area contributed by atoms with Gasteiger partial charge in [-0.25, -0.2) is 12.1 Å². The summed E-state index contributed by atoms with van der Waals surface area (Å²) < 4.78 is 76.1. The molecule has 9 heteroatoms. The third kappa shape index (κ3) is 10.3. The molecule has 0 aromatic heterocycles. The number of alkyl halides is 6.